The molecule has 0 saturated heterocycles. The number of pyridine rings is 2. The normalized spacial score (nSPS) is 11.6. The van der Waals surface area contributed by atoms with Gasteiger partial charge < -0.3 is 0 Å². The van der Waals surface area contributed by atoms with Gasteiger partial charge in [-0.25, -0.2) is 9.97 Å². The zero-order chi connectivity index (χ0) is 37.0. The second-order valence-electron chi connectivity index (χ2n) is 14.3. The molecule has 11 rings (SSSR count). The molecule has 0 saturated carbocycles. The minimum absolute atomic E-state index is 0.651. The van der Waals surface area contributed by atoms with Crippen molar-refractivity contribution in [3.8, 4) is 67.3 Å². The Morgan fingerprint density at radius 2 is 0.929 bits per heavy atom. The van der Waals surface area contributed by atoms with Crippen LogP contribution in [0.1, 0.15) is 0 Å². The van der Waals surface area contributed by atoms with Gasteiger partial charge in [-0.3, -0.25) is 9.97 Å². The van der Waals surface area contributed by atoms with Crippen molar-refractivity contribution < 1.29 is 0 Å². The lowest BCUT2D eigenvalue weighted by molar-refractivity contribution is 1.18. The van der Waals surface area contributed by atoms with Crippen molar-refractivity contribution >= 4 is 43.1 Å². The van der Waals surface area contributed by atoms with Gasteiger partial charge in [0.1, 0.15) is 0 Å². The Morgan fingerprint density at radius 1 is 0.304 bits per heavy atom. The molecule has 8 aromatic carbocycles. The van der Waals surface area contributed by atoms with Crippen molar-refractivity contribution in [2.75, 3.05) is 0 Å². The van der Waals surface area contributed by atoms with Crippen LogP contribution >= 0.6 is 0 Å². The molecule has 4 nitrogen and oxygen atoms in total. The van der Waals surface area contributed by atoms with Crippen molar-refractivity contribution in [2.45, 2.75) is 0 Å². The monoisotopic (exact) mass is 712 g/mol. The summed E-state index contributed by atoms with van der Waals surface area (Å²) in [5, 5.41) is 9.73. The van der Waals surface area contributed by atoms with E-state index >= 15 is 0 Å². The van der Waals surface area contributed by atoms with Crippen LogP contribution in [0.15, 0.2) is 195 Å². The lowest BCUT2D eigenvalue weighted by atomic mass is 9.87. The fourth-order valence-corrected chi connectivity index (χ4v) is 8.40. The number of fused-ring (bicyclic) bond motifs is 1. The van der Waals surface area contributed by atoms with Crippen molar-refractivity contribution in [1.82, 2.24) is 19.9 Å². The third kappa shape index (κ3) is 5.31. The Bertz CT molecular complexity index is 3240. The molecule has 0 unspecified atom stereocenters. The summed E-state index contributed by atoms with van der Waals surface area (Å²) >= 11 is 0. The standard InChI is InChI=1S/C52H32N4/c1-2-10-33(11-3-1)42-23-19-34-22-26-46-43(24-20-35-21-25-45(42)50(34)51(35)46)36-13-8-14-37(28-36)52-55-48(44-18-7-6-16-40(44)39-15-9-27-53-30-39)29-49(56-52)47-32-54-31-38-12-4-5-17-41(38)47/h1-32H. The number of nitrogens with zero attached hydrogens (tertiary/aromatic N) is 4. The van der Waals surface area contributed by atoms with Crippen LogP contribution in [0.3, 0.4) is 0 Å². The van der Waals surface area contributed by atoms with Crippen LogP contribution in [-0.2, 0) is 0 Å². The van der Waals surface area contributed by atoms with Crippen LogP contribution in [0.25, 0.3) is 110 Å². The molecule has 0 aliphatic rings. The third-order valence-electron chi connectivity index (χ3n) is 11.0. The smallest absolute Gasteiger partial charge is 0.160 e. The average Bonchev–Trinajstić information content (AvgIpc) is 3.28. The van der Waals surface area contributed by atoms with Gasteiger partial charge in [0.2, 0.25) is 0 Å². The first kappa shape index (κ1) is 31.9. The van der Waals surface area contributed by atoms with E-state index in [1.165, 1.54) is 49.0 Å². The molecular formula is C52H32N4. The maximum atomic E-state index is 5.32. The Kier molecular flexibility index (Phi) is 7.46. The highest BCUT2D eigenvalue weighted by atomic mass is 14.9. The highest BCUT2D eigenvalue weighted by molar-refractivity contribution is 6.27. The molecule has 0 radical (unpaired) electrons. The van der Waals surface area contributed by atoms with Gasteiger partial charge in [-0.15, -0.1) is 0 Å². The zero-order valence-electron chi connectivity index (χ0n) is 30.3. The van der Waals surface area contributed by atoms with Gasteiger partial charge in [0.15, 0.2) is 5.82 Å². The Morgan fingerprint density at radius 3 is 1.70 bits per heavy atom. The van der Waals surface area contributed by atoms with E-state index in [2.05, 4.69) is 168 Å². The minimum atomic E-state index is 0.651. The van der Waals surface area contributed by atoms with Gasteiger partial charge in [-0.05, 0) is 83.7 Å². The van der Waals surface area contributed by atoms with Gasteiger partial charge >= 0.3 is 0 Å². The van der Waals surface area contributed by atoms with E-state index in [1.807, 2.05) is 30.7 Å². The molecule has 0 fully saturated rings. The number of aromatic nitrogens is 4. The molecule has 0 bridgehead atoms. The van der Waals surface area contributed by atoms with E-state index in [-0.39, 0.29) is 0 Å². The largest absolute Gasteiger partial charge is 0.264 e. The predicted octanol–water partition coefficient (Wildman–Crippen LogP) is 13.3. The molecule has 11 aromatic rings. The average molecular weight is 713 g/mol. The quantitative estimate of drug-likeness (QED) is 0.161. The summed E-state index contributed by atoms with van der Waals surface area (Å²) in [7, 11) is 0. The summed E-state index contributed by atoms with van der Waals surface area (Å²) in [5.74, 6) is 0.651. The lowest BCUT2D eigenvalue weighted by Crippen LogP contribution is -1.98. The molecule has 0 aliphatic heterocycles. The van der Waals surface area contributed by atoms with E-state index in [0.29, 0.717) is 5.82 Å². The maximum Gasteiger partial charge on any atom is 0.160 e. The molecule has 0 amide bonds. The van der Waals surface area contributed by atoms with Crippen molar-refractivity contribution in [3.63, 3.8) is 0 Å². The second kappa shape index (κ2) is 13.1. The van der Waals surface area contributed by atoms with Crippen molar-refractivity contribution in [1.29, 1.82) is 0 Å². The van der Waals surface area contributed by atoms with E-state index in [0.717, 1.165) is 55.5 Å². The molecule has 0 N–H and O–H groups in total. The molecule has 4 heteroatoms. The Balaban J connectivity index is 1.11. The number of hydrogen-bond donors (Lipinski definition) is 0. The molecule has 3 heterocycles. The summed E-state index contributed by atoms with van der Waals surface area (Å²) < 4.78 is 0. The van der Waals surface area contributed by atoms with E-state index in [4.69, 9.17) is 9.97 Å². The second-order valence-corrected chi connectivity index (χ2v) is 14.3. The van der Waals surface area contributed by atoms with E-state index in [9.17, 15) is 0 Å². The Labute approximate surface area is 323 Å². The molecule has 3 aromatic heterocycles. The van der Waals surface area contributed by atoms with Crippen LogP contribution in [0.2, 0.25) is 0 Å². The maximum absolute atomic E-state index is 5.32. The summed E-state index contributed by atoms with van der Waals surface area (Å²) in [4.78, 5) is 19.7. The van der Waals surface area contributed by atoms with E-state index < -0.39 is 0 Å². The lowest BCUT2D eigenvalue weighted by Gasteiger charge is -2.17. The topological polar surface area (TPSA) is 51.6 Å². The summed E-state index contributed by atoms with van der Waals surface area (Å²) in [6.07, 6.45) is 7.52. The third-order valence-corrected chi connectivity index (χ3v) is 11.0. The zero-order valence-corrected chi connectivity index (χ0v) is 30.3. The van der Waals surface area contributed by atoms with Crippen LogP contribution in [0.4, 0.5) is 0 Å². The number of rotatable bonds is 6. The number of hydrogen-bond acceptors (Lipinski definition) is 4. The first-order valence-corrected chi connectivity index (χ1v) is 18.9. The Hall–Kier alpha value is -7.56. The summed E-state index contributed by atoms with van der Waals surface area (Å²) in [5.41, 5.74) is 11.4. The van der Waals surface area contributed by atoms with Gasteiger partial charge in [-0.1, -0.05) is 152 Å². The molecule has 0 atom stereocenters. The van der Waals surface area contributed by atoms with Crippen LogP contribution < -0.4 is 0 Å². The summed E-state index contributed by atoms with van der Waals surface area (Å²) in [6, 6.07) is 60.4. The van der Waals surface area contributed by atoms with Crippen molar-refractivity contribution in [3.05, 3.63) is 195 Å². The molecular weight excluding hydrogens is 681 g/mol. The first-order chi connectivity index (χ1) is 27.8. The van der Waals surface area contributed by atoms with Crippen LogP contribution in [-0.4, -0.2) is 19.9 Å². The SMILES string of the molecule is c1ccc(-c2ccc3ccc4c(-c5cccc(-c6nc(-c7ccccc7-c7cccnc7)cc(-c7cncc8ccccc78)n6)c5)ccc5ccc2c3c54)cc1. The van der Waals surface area contributed by atoms with E-state index in [1.54, 1.807) is 6.20 Å². The number of benzene rings is 8. The van der Waals surface area contributed by atoms with Crippen molar-refractivity contribution in [2.24, 2.45) is 0 Å². The fraction of sp³-hybridized carbons (Fsp3) is 0. The van der Waals surface area contributed by atoms with Gasteiger partial charge in [0.05, 0.1) is 11.4 Å². The minimum Gasteiger partial charge on any atom is -0.264 e. The summed E-state index contributed by atoms with van der Waals surface area (Å²) in [6.45, 7) is 0. The molecule has 0 spiro atoms. The predicted molar refractivity (Wildman–Crippen MR) is 231 cm³/mol. The molecule has 56 heavy (non-hydrogen) atoms. The van der Waals surface area contributed by atoms with Gasteiger partial charge in [0.25, 0.3) is 0 Å². The fourth-order valence-electron chi connectivity index (χ4n) is 8.40. The highest BCUT2D eigenvalue weighted by Gasteiger charge is 2.18. The van der Waals surface area contributed by atoms with Crippen LogP contribution in [0, 0.1) is 0 Å². The van der Waals surface area contributed by atoms with Gasteiger partial charge in [-0.2, -0.15) is 0 Å². The first-order valence-electron chi connectivity index (χ1n) is 18.9. The highest BCUT2D eigenvalue weighted by Crippen LogP contribution is 2.43. The van der Waals surface area contributed by atoms with Crippen LogP contribution in [0.5, 0.6) is 0 Å². The van der Waals surface area contributed by atoms with Gasteiger partial charge in [0, 0.05) is 52.4 Å². The molecule has 0 aliphatic carbocycles. The molecule has 260 valence electrons.